The molecule has 8 heteroatoms. The van der Waals surface area contributed by atoms with E-state index in [0.717, 1.165) is 42.8 Å². The number of carbonyl (C=O) groups is 1. The number of hydrogen-bond donors (Lipinski definition) is 4. The molecule has 1 aliphatic carbocycles. The van der Waals surface area contributed by atoms with Crippen molar-refractivity contribution in [2.75, 3.05) is 17.7 Å². The van der Waals surface area contributed by atoms with Gasteiger partial charge in [-0.15, -0.1) is 5.10 Å². The average Bonchev–Trinajstić information content (AvgIpc) is 3.13. The van der Waals surface area contributed by atoms with E-state index in [-0.39, 0.29) is 5.91 Å². The molecule has 1 amide bonds. The second-order valence-electron chi connectivity index (χ2n) is 7.15. The van der Waals surface area contributed by atoms with Crippen molar-refractivity contribution < 1.29 is 4.79 Å². The third-order valence-corrected chi connectivity index (χ3v) is 5.11. The molecule has 1 aromatic carbocycles. The molecule has 0 aliphatic heterocycles. The maximum Gasteiger partial charge on any atom is 0.251 e. The summed E-state index contributed by atoms with van der Waals surface area (Å²) >= 11 is 0. The highest BCUT2D eigenvalue weighted by atomic mass is 16.1. The Morgan fingerprint density at radius 2 is 1.86 bits per heavy atom. The average molecular weight is 379 g/mol. The normalized spacial score (nSPS) is 19.4. The van der Waals surface area contributed by atoms with Crippen LogP contribution in [0.3, 0.4) is 0 Å². The molecule has 146 valence electrons. The lowest BCUT2D eigenvalue weighted by Crippen LogP contribution is -2.33. The van der Waals surface area contributed by atoms with Gasteiger partial charge in [-0.3, -0.25) is 4.79 Å². The van der Waals surface area contributed by atoms with E-state index < -0.39 is 0 Å². The summed E-state index contributed by atoms with van der Waals surface area (Å²) in [7, 11) is 1.61. The van der Waals surface area contributed by atoms with Crippen LogP contribution in [0.5, 0.6) is 0 Å². The topological polar surface area (TPSA) is 109 Å². The number of rotatable bonds is 5. The van der Waals surface area contributed by atoms with Crippen LogP contribution in [-0.4, -0.2) is 39.6 Å². The van der Waals surface area contributed by atoms with Crippen LogP contribution >= 0.6 is 0 Å². The molecular weight excluding hydrogens is 354 g/mol. The third-order valence-electron chi connectivity index (χ3n) is 5.11. The molecular formula is C20H25N7O. The Balaban J connectivity index is 1.50. The van der Waals surface area contributed by atoms with E-state index in [9.17, 15) is 4.79 Å². The van der Waals surface area contributed by atoms with Gasteiger partial charge >= 0.3 is 0 Å². The minimum absolute atomic E-state index is 0.114. The lowest BCUT2D eigenvalue weighted by molar-refractivity contribution is 0.0963. The summed E-state index contributed by atoms with van der Waals surface area (Å²) in [6, 6.07) is 13.8. The largest absolute Gasteiger partial charge is 0.367 e. The molecule has 0 unspecified atom stereocenters. The third kappa shape index (κ3) is 3.91. The van der Waals surface area contributed by atoms with E-state index in [1.807, 2.05) is 34.8 Å². The minimum Gasteiger partial charge on any atom is -0.367 e. The molecule has 0 spiro atoms. The van der Waals surface area contributed by atoms with E-state index in [4.69, 9.17) is 5.73 Å². The number of nitrogens with one attached hydrogen (secondary N) is 3. The Kier molecular flexibility index (Phi) is 5.12. The molecule has 8 nitrogen and oxygen atoms in total. The number of fused-ring (bicyclic) bond motifs is 1. The van der Waals surface area contributed by atoms with Crippen molar-refractivity contribution in [3.63, 3.8) is 0 Å². The monoisotopic (exact) mass is 379 g/mol. The van der Waals surface area contributed by atoms with Crippen LogP contribution < -0.4 is 21.7 Å². The van der Waals surface area contributed by atoms with Crippen molar-refractivity contribution in [2.45, 2.75) is 37.8 Å². The molecule has 0 atom stereocenters. The van der Waals surface area contributed by atoms with Gasteiger partial charge in [-0.2, -0.15) is 9.50 Å². The Labute approximate surface area is 163 Å². The summed E-state index contributed by atoms with van der Waals surface area (Å²) in [5, 5.41) is 14.0. The molecule has 1 aliphatic rings. The van der Waals surface area contributed by atoms with E-state index >= 15 is 0 Å². The van der Waals surface area contributed by atoms with Gasteiger partial charge in [0.25, 0.3) is 5.91 Å². The Morgan fingerprint density at radius 1 is 1.11 bits per heavy atom. The van der Waals surface area contributed by atoms with Gasteiger partial charge in [0.2, 0.25) is 5.95 Å². The number of nitrogens with zero attached hydrogens (tertiary/aromatic N) is 3. The van der Waals surface area contributed by atoms with Gasteiger partial charge in [-0.05, 0) is 62.1 Å². The van der Waals surface area contributed by atoms with Gasteiger partial charge in [-0.25, -0.2) is 0 Å². The van der Waals surface area contributed by atoms with E-state index in [0.29, 0.717) is 23.6 Å². The number of amides is 1. The zero-order valence-electron chi connectivity index (χ0n) is 15.9. The number of benzene rings is 1. The number of carbonyl (C=O) groups excluding carboxylic acids is 1. The van der Waals surface area contributed by atoms with Crippen molar-refractivity contribution in [1.82, 2.24) is 19.9 Å². The quantitative estimate of drug-likeness (QED) is 0.542. The first-order valence-corrected chi connectivity index (χ1v) is 9.59. The first-order chi connectivity index (χ1) is 13.6. The highest BCUT2D eigenvalue weighted by molar-refractivity contribution is 5.94. The molecule has 2 aromatic heterocycles. The lowest BCUT2D eigenvalue weighted by atomic mass is 9.92. The number of anilines is 3. The fraction of sp³-hybridized carbons (Fsp3) is 0.350. The summed E-state index contributed by atoms with van der Waals surface area (Å²) in [6.07, 6.45) is 4.22. The van der Waals surface area contributed by atoms with Crippen LogP contribution in [-0.2, 0) is 0 Å². The van der Waals surface area contributed by atoms with Gasteiger partial charge in [-0.1, -0.05) is 6.07 Å². The predicted molar refractivity (Wildman–Crippen MR) is 110 cm³/mol. The summed E-state index contributed by atoms with van der Waals surface area (Å²) in [5.74, 6) is 1.32. The van der Waals surface area contributed by atoms with E-state index in [1.165, 1.54) is 0 Å². The van der Waals surface area contributed by atoms with E-state index in [1.54, 1.807) is 19.2 Å². The van der Waals surface area contributed by atoms with Crippen LogP contribution in [0.15, 0.2) is 42.5 Å². The minimum atomic E-state index is -0.114. The zero-order chi connectivity index (χ0) is 19.5. The predicted octanol–water partition coefficient (Wildman–Crippen LogP) is 2.51. The summed E-state index contributed by atoms with van der Waals surface area (Å²) < 4.78 is 1.82. The summed E-state index contributed by atoms with van der Waals surface area (Å²) in [4.78, 5) is 16.2. The van der Waals surface area contributed by atoms with Crippen LogP contribution in [0.2, 0.25) is 0 Å². The van der Waals surface area contributed by atoms with Crippen molar-refractivity contribution in [3.05, 3.63) is 48.0 Å². The summed E-state index contributed by atoms with van der Waals surface area (Å²) in [6.45, 7) is 0. The lowest BCUT2D eigenvalue weighted by Gasteiger charge is -2.27. The first-order valence-electron chi connectivity index (χ1n) is 9.59. The first kappa shape index (κ1) is 18.2. The van der Waals surface area contributed by atoms with Crippen molar-refractivity contribution in [1.29, 1.82) is 0 Å². The van der Waals surface area contributed by atoms with E-state index in [2.05, 4.69) is 26.0 Å². The molecule has 0 radical (unpaired) electrons. The van der Waals surface area contributed by atoms with Gasteiger partial charge < -0.3 is 21.7 Å². The Hall–Kier alpha value is -3.13. The SMILES string of the molecule is CNC(=O)c1ccc(Nc2nc3cccc(NC4CCC(N)CC4)n3n2)cc1. The fourth-order valence-electron chi connectivity index (χ4n) is 3.52. The van der Waals surface area contributed by atoms with Gasteiger partial charge in [0.1, 0.15) is 5.82 Å². The Morgan fingerprint density at radius 3 is 2.57 bits per heavy atom. The van der Waals surface area contributed by atoms with Crippen LogP contribution in [0, 0.1) is 0 Å². The van der Waals surface area contributed by atoms with Crippen LogP contribution in [0.4, 0.5) is 17.5 Å². The standard InChI is InChI=1S/C20H25N7O/c1-22-19(28)13-5-9-16(10-6-13)24-20-25-18-4-2-3-17(27(18)26-20)23-15-11-7-14(21)8-12-15/h2-6,9-10,14-15,23H,7-8,11-12,21H2,1H3,(H,22,28)(H,24,26). The number of aromatic nitrogens is 3. The van der Waals surface area contributed by atoms with Gasteiger partial charge in [0.15, 0.2) is 5.65 Å². The van der Waals surface area contributed by atoms with Crippen LogP contribution in [0.25, 0.3) is 5.65 Å². The molecule has 5 N–H and O–H groups in total. The van der Waals surface area contributed by atoms with Crippen molar-refractivity contribution >= 4 is 29.0 Å². The molecule has 0 saturated heterocycles. The maximum absolute atomic E-state index is 11.6. The maximum atomic E-state index is 11.6. The number of hydrogen-bond acceptors (Lipinski definition) is 6. The molecule has 28 heavy (non-hydrogen) atoms. The van der Waals surface area contributed by atoms with Gasteiger partial charge in [0.05, 0.1) is 0 Å². The molecule has 1 saturated carbocycles. The molecule has 3 aromatic rings. The number of nitrogens with two attached hydrogens (primary N) is 1. The molecule has 2 heterocycles. The molecule has 1 fully saturated rings. The van der Waals surface area contributed by atoms with Crippen molar-refractivity contribution in [2.24, 2.45) is 5.73 Å². The molecule has 4 rings (SSSR count). The Bertz CT molecular complexity index is 958. The second-order valence-corrected chi connectivity index (χ2v) is 7.15. The van der Waals surface area contributed by atoms with Crippen molar-refractivity contribution in [3.8, 4) is 0 Å². The molecule has 0 bridgehead atoms. The zero-order valence-corrected chi connectivity index (χ0v) is 15.9. The highest BCUT2D eigenvalue weighted by Crippen LogP contribution is 2.22. The summed E-state index contributed by atoms with van der Waals surface area (Å²) in [5.41, 5.74) is 8.20. The number of pyridine rings is 1. The van der Waals surface area contributed by atoms with Crippen LogP contribution in [0.1, 0.15) is 36.0 Å². The smallest absolute Gasteiger partial charge is 0.251 e. The van der Waals surface area contributed by atoms with Gasteiger partial charge in [0, 0.05) is 30.4 Å². The second kappa shape index (κ2) is 7.85. The highest BCUT2D eigenvalue weighted by Gasteiger charge is 2.19. The fourth-order valence-corrected chi connectivity index (χ4v) is 3.52.